The minimum atomic E-state index is -0.0916. The van der Waals surface area contributed by atoms with Gasteiger partial charge in [-0.25, -0.2) is 4.99 Å². The number of hydrogen-bond acceptors (Lipinski definition) is 2. The van der Waals surface area contributed by atoms with Gasteiger partial charge in [-0.05, 0) is 13.8 Å². The van der Waals surface area contributed by atoms with Crippen LogP contribution in [0.4, 0.5) is 0 Å². The Morgan fingerprint density at radius 3 is 2.38 bits per heavy atom. The second-order valence-corrected chi connectivity index (χ2v) is 2.70. The maximum Gasteiger partial charge on any atom is 0.218 e. The highest BCUT2D eigenvalue weighted by Gasteiger charge is 1.92. The highest BCUT2D eigenvalue weighted by atomic mass is 16.5. The quantitative estimate of drug-likeness (QED) is 0.297. The monoisotopic (exact) mass is 187 g/mol. The van der Waals surface area contributed by atoms with Crippen molar-refractivity contribution in [1.82, 2.24) is 0 Å². The number of guanidine groups is 2. The van der Waals surface area contributed by atoms with Crippen LogP contribution >= 0.6 is 0 Å². The molecule has 6 nitrogen and oxygen atoms in total. The SMILES string of the molecule is CC(C)OCCN=C(N)N=C(N)N. The Kier molecular flexibility index (Phi) is 5.62. The summed E-state index contributed by atoms with van der Waals surface area (Å²) in [6.45, 7) is 4.87. The molecule has 0 heterocycles. The Hall–Kier alpha value is -1.30. The molecule has 0 atom stereocenters. The molecule has 0 saturated heterocycles. The van der Waals surface area contributed by atoms with E-state index in [0.29, 0.717) is 13.2 Å². The second kappa shape index (κ2) is 6.24. The van der Waals surface area contributed by atoms with Crippen molar-refractivity contribution in [2.75, 3.05) is 13.2 Å². The van der Waals surface area contributed by atoms with E-state index in [1.54, 1.807) is 0 Å². The van der Waals surface area contributed by atoms with Crippen LogP contribution in [0, 0.1) is 0 Å². The summed E-state index contributed by atoms with van der Waals surface area (Å²) in [5.41, 5.74) is 15.5. The van der Waals surface area contributed by atoms with Crippen LogP contribution in [0.25, 0.3) is 0 Å². The Morgan fingerprint density at radius 2 is 1.92 bits per heavy atom. The lowest BCUT2D eigenvalue weighted by Crippen LogP contribution is -2.26. The van der Waals surface area contributed by atoms with Crippen LogP contribution in [0.5, 0.6) is 0 Å². The molecule has 6 N–H and O–H groups in total. The fourth-order valence-corrected chi connectivity index (χ4v) is 0.616. The van der Waals surface area contributed by atoms with Crippen LogP contribution in [-0.4, -0.2) is 31.2 Å². The van der Waals surface area contributed by atoms with Crippen molar-refractivity contribution in [3.05, 3.63) is 0 Å². The first-order valence-corrected chi connectivity index (χ1v) is 4.03. The fraction of sp³-hybridized carbons (Fsp3) is 0.714. The van der Waals surface area contributed by atoms with Crippen molar-refractivity contribution in [2.24, 2.45) is 27.2 Å². The molecule has 0 unspecified atom stereocenters. The zero-order valence-corrected chi connectivity index (χ0v) is 8.03. The van der Waals surface area contributed by atoms with Crippen LogP contribution in [0.2, 0.25) is 0 Å². The molecule has 0 aromatic carbocycles. The molecule has 6 heteroatoms. The average Bonchev–Trinajstić information content (AvgIpc) is 1.96. The van der Waals surface area contributed by atoms with Gasteiger partial charge in [-0.15, -0.1) is 0 Å². The van der Waals surface area contributed by atoms with Gasteiger partial charge in [0.15, 0.2) is 5.96 Å². The van der Waals surface area contributed by atoms with Crippen LogP contribution in [0.3, 0.4) is 0 Å². The number of nitrogens with zero attached hydrogens (tertiary/aromatic N) is 2. The molecule has 0 amide bonds. The molecule has 13 heavy (non-hydrogen) atoms. The number of hydrogen-bond donors (Lipinski definition) is 3. The average molecular weight is 187 g/mol. The molecule has 0 radical (unpaired) electrons. The van der Waals surface area contributed by atoms with Gasteiger partial charge in [0, 0.05) is 0 Å². The van der Waals surface area contributed by atoms with Crippen LogP contribution in [0.1, 0.15) is 13.8 Å². The lowest BCUT2D eigenvalue weighted by Gasteiger charge is -2.04. The van der Waals surface area contributed by atoms with Crippen molar-refractivity contribution in [3.63, 3.8) is 0 Å². The molecule has 0 spiro atoms. The molecule has 0 rings (SSSR count). The van der Waals surface area contributed by atoms with E-state index in [1.807, 2.05) is 13.8 Å². The number of aliphatic imine (C=N–C) groups is 2. The van der Waals surface area contributed by atoms with Gasteiger partial charge in [-0.1, -0.05) is 0 Å². The first kappa shape index (κ1) is 11.7. The summed E-state index contributed by atoms with van der Waals surface area (Å²) in [6.07, 6.45) is 0.194. The Morgan fingerprint density at radius 1 is 1.31 bits per heavy atom. The highest BCUT2D eigenvalue weighted by molar-refractivity contribution is 5.92. The lowest BCUT2D eigenvalue weighted by molar-refractivity contribution is 0.0853. The van der Waals surface area contributed by atoms with Crippen LogP contribution in [-0.2, 0) is 4.74 Å². The van der Waals surface area contributed by atoms with Crippen molar-refractivity contribution < 1.29 is 4.74 Å². The Labute approximate surface area is 77.9 Å². The van der Waals surface area contributed by atoms with Crippen LogP contribution in [0.15, 0.2) is 9.98 Å². The highest BCUT2D eigenvalue weighted by Crippen LogP contribution is 1.86. The number of ether oxygens (including phenoxy) is 1. The van der Waals surface area contributed by atoms with Crippen molar-refractivity contribution in [1.29, 1.82) is 0 Å². The summed E-state index contributed by atoms with van der Waals surface area (Å²) in [4.78, 5) is 7.40. The third kappa shape index (κ3) is 8.61. The standard InChI is InChI=1S/C7H17N5O/c1-5(2)13-4-3-11-7(10)12-6(8)9/h5H,3-4H2,1-2H3,(H6,8,9,10,11,12). The summed E-state index contributed by atoms with van der Waals surface area (Å²) in [7, 11) is 0. The molecule has 0 bridgehead atoms. The summed E-state index contributed by atoms with van der Waals surface area (Å²) in [5, 5.41) is 0. The lowest BCUT2D eigenvalue weighted by atomic mass is 10.5. The molecule has 0 aliphatic heterocycles. The summed E-state index contributed by atoms with van der Waals surface area (Å²) in [5.74, 6) is -0.0154. The van der Waals surface area contributed by atoms with Gasteiger partial charge in [0.1, 0.15) is 0 Å². The molecule has 0 aliphatic carbocycles. The molecule has 0 aliphatic rings. The first-order valence-electron chi connectivity index (χ1n) is 4.03. The summed E-state index contributed by atoms with van der Waals surface area (Å²) >= 11 is 0. The molecular formula is C7H17N5O. The van der Waals surface area contributed by atoms with Crippen molar-refractivity contribution in [2.45, 2.75) is 20.0 Å². The predicted molar refractivity (Wildman–Crippen MR) is 53.4 cm³/mol. The van der Waals surface area contributed by atoms with Gasteiger partial charge < -0.3 is 21.9 Å². The zero-order valence-electron chi connectivity index (χ0n) is 8.03. The first-order chi connectivity index (χ1) is 6.02. The van der Waals surface area contributed by atoms with Crippen molar-refractivity contribution >= 4 is 11.9 Å². The topological polar surface area (TPSA) is 112 Å². The van der Waals surface area contributed by atoms with E-state index in [-0.39, 0.29) is 18.0 Å². The molecule has 76 valence electrons. The summed E-state index contributed by atoms with van der Waals surface area (Å²) < 4.78 is 5.22. The normalized spacial score (nSPS) is 11.8. The largest absolute Gasteiger partial charge is 0.377 e. The van der Waals surface area contributed by atoms with Gasteiger partial charge in [0.2, 0.25) is 5.96 Å². The van der Waals surface area contributed by atoms with Crippen molar-refractivity contribution in [3.8, 4) is 0 Å². The Bertz CT molecular complexity index is 195. The molecular weight excluding hydrogens is 170 g/mol. The van der Waals surface area contributed by atoms with E-state index in [2.05, 4.69) is 9.98 Å². The minimum absolute atomic E-state index is 0.0763. The molecule has 0 aromatic heterocycles. The molecule has 0 saturated carbocycles. The van der Waals surface area contributed by atoms with E-state index in [9.17, 15) is 0 Å². The van der Waals surface area contributed by atoms with E-state index < -0.39 is 0 Å². The fourth-order valence-electron chi connectivity index (χ4n) is 0.616. The van der Waals surface area contributed by atoms with Gasteiger partial charge in [-0.3, -0.25) is 0 Å². The second-order valence-electron chi connectivity index (χ2n) is 2.70. The molecule has 0 fully saturated rings. The molecule has 0 aromatic rings. The predicted octanol–water partition coefficient (Wildman–Crippen LogP) is -1.00. The van der Waals surface area contributed by atoms with Crippen LogP contribution < -0.4 is 17.2 Å². The van der Waals surface area contributed by atoms with E-state index in [4.69, 9.17) is 21.9 Å². The van der Waals surface area contributed by atoms with Gasteiger partial charge in [-0.2, -0.15) is 4.99 Å². The smallest absolute Gasteiger partial charge is 0.218 e. The Balaban J connectivity index is 3.66. The van der Waals surface area contributed by atoms with E-state index >= 15 is 0 Å². The number of nitrogens with two attached hydrogens (primary N) is 3. The van der Waals surface area contributed by atoms with Gasteiger partial charge >= 0.3 is 0 Å². The van der Waals surface area contributed by atoms with Gasteiger partial charge in [0.25, 0.3) is 0 Å². The third-order valence-corrected chi connectivity index (χ3v) is 1.06. The minimum Gasteiger partial charge on any atom is -0.377 e. The third-order valence-electron chi connectivity index (χ3n) is 1.06. The van der Waals surface area contributed by atoms with E-state index in [0.717, 1.165) is 0 Å². The summed E-state index contributed by atoms with van der Waals surface area (Å²) in [6, 6.07) is 0. The maximum absolute atomic E-state index is 5.34. The zero-order chi connectivity index (χ0) is 10.3. The van der Waals surface area contributed by atoms with Gasteiger partial charge in [0.05, 0.1) is 19.3 Å². The number of rotatable bonds is 4. The van der Waals surface area contributed by atoms with E-state index in [1.165, 1.54) is 0 Å². The maximum atomic E-state index is 5.34.